The fourth-order valence-electron chi connectivity index (χ4n) is 5.54. The number of hydrogen-bond donors (Lipinski definition) is 0. The van der Waals surface area contributed by atoms with E-state index in [-0.39, 0.29) is 5.04 Å². The molecule has 0 nitrogen and oxygen atoms in total. The van der Waals surface area contributed by atoms with E-state index in [1.165, 1.54) is 18.0 Å². The molecule has 0 radical (unpaired) electrons. The van der Waals surface area contributed by atoms with Gasteiger partial charge in [-0.1, -0.05) is 173 Å². The van der Waals surface area contributed by atoms with E-state index < -0.39 is 16.1 Å². The van der Waals surface area contributed by atoms with Gasteiger partial charge in [-0.2, -0.15) is 0 Å². The third kappa shape index (κ3) is 3.97. The summed E-state index contributed by atoms with van der Waals surface area (Å²) >= 11 is 0. The largest absolute Gasteiger partial charge is 0.120 e. The SMILES string of the molecule is CCC(C)(CC)[Si](C)(c1ccccc1)c1cccc([Si](C)(c2ccccc2)C(C)(C)C)c1. The zero-order valence-electron chi connectivity index (χ0n) is 21.5. The highest BCUT2D eigenvalue weighted by atomic mass is 28.3. The zero-order chi connectivity index (χ0) is 23.6. The van der Waals surface area contributed by atoms with E-state index in [1.54, 1.807) is 15.6 Å². The molecule has 3 aromatic carbocycles. The molecule has 0 fully saturated rings. The maximum atomic E-state index is 2.63. The lowest BCUT2D eigenvalue weighted by atomic mass is 10.1. The zero-order valence-corrected chi connectivity index (χ0v) is 23.5. The van der Waals surface area contributed by atoms with Gasteiger partial charge in [0.05, 0.1) is 0 Å². The lowest BCUT2D eigenvalue weighted by Crippen LogP contribution is -2.66. The second kappa shape index (κ2) is 9.15. The molecular formula is C30H42Si2. The molecule has 0 N–H and O–H groups in total. The van der Waals surface area contributed by atoms with Gasteiger partial charge in [-0.3, -0.25) is 0 Å². The fourth-order valence-corrected chi connectivity index (χ4v) is 14.4. The monoisotopic (exact) mass is 458 g/mol. The van der Waals surface area contributed by atoms with E-state index in [4.69, 9.17) is 0 Å². The van der Waals surface area contributed by atoms with Gasteiger partial charge >= 0.3 is 0 Å². The van der Waals surface area contributed by atoms with Gasteiger partial charge in [0.2, 0.25) is 0 Å². The maximum Gasteiger partial charge on any atom is 0.120 e. The van der Waals surface area contributed by atoms with Crippen LogP contribution in [0.2, 0.25) is 23.2 Å². The quantitative estimate of drug-likeness (QED) is 0.357. The summed E-state index contributed by atoms with van der Waals surface area (Å²) < 4.78 is 0. The molecule has 0 heterocycles. The Balaban J connectivity index is 2.30. The van der Waals surface area contributed by atoms with Crippen LogP contribution >= 0.6 is 0 Å². The first-order valence-electron chi connectivity index (χ1n) is 12.3. The second-order valence-electron chi connectivity index (χ2n) is 11.1. The summed E-state index contributed by atoms with van der Waals surface area (Å²) in [6, 6.07) is 32.5. The van der Waals surface area contributed by atoms with Gasteiger partial charge < -0.3 is 0 Å². The van der Waals surface area contributed by atoms with Gasteiger partial charge in [-0.25, -0.2) is 0 Å². The van der Waals surface area contributed by atoms with Crippen molar-refractivity contribution in [3.05, 3.63) is 84.9 Å². The summed E-state index contributed by atoms with van der Waals surface area (Å²) in [7, 11) is -3.97. The molecule has 0 aliphatic carbocycles. The minimum Gasteiger partial charge on any atom is -0.0651 e. The van der Waals surface area contributed by atoms with Crippen LogP contribution in [0.5, 0.6) is 0 Å². The molecule has 2 atom stereocenters. The van der Waals surface area contributed by atoms with Gasteiger partial charge in [0.15, 0.2) is 0 Å². The van der Waals surface area contributed by atoms with Crippen LogP contribution in [0.25, 0.3) is 0 Å². The molecule has 0 aromatic heterocycles. The van der Waals surface area contributed by atoms with E-state index in [0.717, 1.165) is 0 Å². The predicted molar refractivity (Wildman–Crippen MR) is 150 cm³/mol. The average molecular weight is 459 g/mol. The third-order valence-electron chi connectivity index (χ3n) is 8.99. The minimum atomic E-state index is -2.00. The van der Waals surface area contributed by atoms with Crippen molar-refractivity contribution in [1.29, 1.82) is 0 Å². The average Bonchev–Trinajstić information content (AvgIpc) is 2.82. The number of hydrogen-bond acceptors (Lipinski definition) is 0. The molecule has 3 aromatic rings. The van der Waals surface area contributed by atoms with Gasteiger partial charge in [-0.15, -0.1) is 0 Å². The summed E-state index contributed by atoms with van der Waals surface area (Å²) in [5.41, 5.74) is 0. The number of rotatable bonds is 7. The molecule has 170 valence electrons. The van der Waals surface area contributed by atoms with Crippen LogP contribution in [0.1, 0.15) is 54.4 Å². The molecule has 2 heteroatoms. The molecule has 0 aliphatic heterocycles. The van der Waals surface area contributed by atoms with E-state index >= 15 is 0 Å². The summed E-state index contributed by atoms with van der Waals surface area (Å²) in [5, 5.41) is 6.77. The molecule has 0 saturated carbocycles. The minimum absolute atomic E-state index is 0.219. The highest BCUT2D eigenvalue weighted by Gasteiger charge is 2.48. The van der Waals surface area contributed by atoms with Crippen molar-refractivity contribution in [2.45, 2.75) is 77.6 Å². The first-order valence-corrected chi connectivity index (χ1v) is 17.3. The maximum absolute atomic E-state index is 2.63. The van der Waals surface area contributed by atoms with Crippen molar-refractivity contribution in [2.24, 2.45) is 0 Å². The van der Waals surface area contributed by atoms with Gasteiger partial charge in [0.25, 0.3) is 0 Å². The molecule has 3 rings (SSSR count). The third-order valence-corrected chi connectivity index (χ3v) is 21.0. The Morgan fingerprint density at radius 3 is 1.31 bits per heavy atom. The highest BCUT2D eigenvalue weighted by Crippen LogP contribution is 2.44. The lowest BCUT2D eigenvalue weighted by Gasteiger charge is -2.46. The van der Waals surface area contributed by atoms with E-state index in [0.29, 0.717) is 5.04 Å². The van der Waals surface area contributed by atoms with E-state index in [9.17, 15) is 0 Å². The van der Waals surface area contributed by atoms with Crippen molar-refractivity contribution in [3.8, 4) is 0 Å². The molecule has 0 amide bonds. The van der Waals surface area contributed by atoms with Crippen LogP contribution in [0.3, 0.4) is 0 Å². The number of benzene rings is 3. The normalized spacial score (nSPS) is 16.2. The van der Waals surface area contributed by atoms with Gasteiger partial charge in [0.1, 0.15) is 16.1 Å². The summed E-state index contributed by atoms with van der Waals surface area (Å²) in [5.74, 6) is 0. The Hall–Kier alpha value is -1.91. The van der Waals surface area contributed by atoms with Crippen LogP contribution in [0, 0.1) is 0 Å². The van der Waals surface area contributed by atoms with Crippen LogP contribution in [-0.2, 0) is 0 Å². The molecule has 0 spiro atoms. The van der Waals surface area contributed by atoms with Crippen molar-refractivity contribution in [2.75, 3.05) is 0 Å². The van der Waals surface area contributed by atoms with Crippen molar-refractivity contribution >= 4 is 36.9 Å². The molecule has 32 heavy (non-hydrogen) atoms. The first-order chi connectivity index (χ1) is 15.0. The Labute approximate surface area is 199 Å². The summed E-state index contributed by atoms with van der Waals surface area (Å²) in [6.07, 6.45) is 2.41. The van der Waals surface area contributed by atoms with Crippen LogP contribution in [0.4, 0.5) is 0 Å². The topological polar surface area (TPSA) is 0 Å². The Kier molecular flexibility index (Phi) is 7.07. The van der Waals surface area contributed by atoms with Crippen LogP contribution in [-0.4, -0.2) is 16.1 Å². The molecule has 0 saturated heterocycles. The first kappa shape index (κ1) is 24.7. The lowest BCUT2D eigenvalue weighted by molar-refractivity contribution is 0.550. The highest BCUT2D eigenvalue weighted by molar-refractivity contribution is 7.05. The van der Waals surface area contributed by atoms with Crippen molar-refractivity contribution in [3.63, 3.8) is 0 Å². The van der Waals surface area contributed by atoms with Crippen LogP contribution < -0.4 is 20.7 Å². The fraction of sp³-hybridized carbons (Fsp3) is 0.400. The Bertz CT molecular complexity index is 1020. The molecular weight excluding hydrogens is 417 g/mol. The standard InChI is InChI=1S/C30H42Si2/c1-9-30(6,10-2)32(8,26-20-15-12-16-21-26)28-23-17-22-27(24-28)31(7,29(3,4)5)25-18-13-11-14-19-25/h11-24H,9-10H2,1-8H3. The summed E-state index contributed by atoms with van der Waals surface area (Å²) in [6.45, 7) is 19.8. The van der Waals surface area contributed by atoms with E-state index in [2.05, 4.69) is 140 Å². The predicted octanol–water partition coefficient (Wildman–Crippen LogP) is 6.45. The Morgan fingerprint density at radius 2 is 0.906 bits per heavy atom. The molecule has 2 unspecified atom stereocenters. The molecule has 0 bridgehead atoms. The summed E-state index contributed by atoms with van der Waals surface area (Å²) in [4.78, 5) is 0. The molecule has 0 aliphatic rings. The van der Waals surface area contributed by atoms with Gasteiger partial charge in [-0.05, 0) is 10.1 Å². The Morgan fingerprint density at radius 1 is 0.531 bits per heavy atom. The second-order valence-corrected chi connectivity index (χ2v) is 20.6. The van der Waals surface area contributed by atoms with E-state index in [1.807, 2.05) is 0 Å². The van der Waals surface area contributed by atoms with Crippen molar-refractivity contribution in [1.82, 2.24) is 0 Å². The van der Waals surface area contributed by atoms with Crippen LogP contribution in [0.15, 0.2) is 84.9 Å². The smallest absolute Gasteiger partial charge is 0.0651 e. The van der Waals surface area contributed by atoms with Gasteiger partial charge in [0, 0.05) is 0 Å². The van der Waals surface area contributed by atoms with Crippen molar-refractivity contribution < 1.29 is 0 Å².